The Balaban J connectivity index is 2.21. The molecular weight excluding hydrogens is 402 g/mol. The fourth-order valence-corrected chi connectivity index (χ4v) is 4.82. The first kappa shape index (κ1) is 23.2. The van der Waals surface area contributed by atoms with Crippen LogP contribution in [0.4, 0.5) is 0 Å². The fourth-order valence-electron chi connectivity index (χ4n) is 4.82. The van der Waals surface area contributed by atoms with E-state index in [1.54, 1.807) is 7.11 Å². The summed E-state index contributed by atoms with van der Waals surface area (Å²) < 4.78 is 11.3. The zero-order valence-corrected chi connectivity index (χ0v) is 18.9. The smallest absolute Gasteiger partial charge is 0.191 e. The van der Waals surface area contributed by atoms with Gasteiger partial charge in [0.05, 0.1) is 37.1 Å². The lowest BCUT2D eigenvalue weighted by atomic mass is 9.58. The van der Waals surface area contributed by atoms with E-state index in [4.69, 9.17) is 15.2 Å². The molecule has 7 nitrogen and oxygen atoms in total. The van der Waals surface area contributed by atoms with Crippen LogP contribution < -0.4 is 15.2 Å². The normalized spacial score (nSPS) is 22.1. The summed E-state index contributed by atoms with van der Waals surface area (Å²) in [6.45, 7) is 6.95. The lowest BCUT2D eigenvalue weighted by Gasteiger charge is -2.45. The van der Waals surface area contributed by atoms with Crippen LogP contribution in [0.3, 0.4) is 0 Å². The molecular formula is C25H29N5O2. The molecule has 3 rings (SSSR count). The van der Waals surface area contributed by atoms with Crippen molar-refractivity contribution in [2.75, 3.05) is 33.4 Å². The number of benzene rings is 1. The minimum absolute atomic E-state index is 0.0340. The molecule has 0 fully saturated rings. The average Bonchev–Trinajstić information content (AvgIpc) is 2.82. The molecule has 32 heavy (non-hydrogen) atoms. The van der Waals surface area contributed by atoms with E-state index in [1.807, 2.05) is 31.2 Å². The van der Waals surface area contributed by atoms with E-state index in [0.29, 0.717) is 31.2 Å². The van der Waals surface area contributed by atoms with Crippen molar-refractivity contribution in [3.63, 3.8) is 0 Å². The summed E-state index contributed by atoms with van der Waals surface area (Å²) in [5, 5.41) is 30.3. The topological polar surface area (TPSA) is 119 Å². The summed E-state index contributed by atoms with van der Waals surface area (Å²) in [6, 6.07) is 12.1. The molecule has 0 aromatic heterocycles. The first-order valence-corrected chi connectivity index (χ1v) is 11.0. The standard InChI is InChI=1S/C25H29N5O2/c1-4-9-30-10-8-18-19(13-26)24(29)25(15-27,16-28)23(20(18)14-30)17-6-7-21(32-11-5-2)22(12-17)31-3/h6-8,12,20,23H,4-5,9-11,14,29H2,1-3H3/t20?,23-/m1/s1. The molecule has 2 aliphatic rings. The molecule has 0 spiro atoms. The Hall–Kier alpha value is -3.47. The van der Waals surface area contributed by atoms with Gasteiger partial charge in [-0.3, -0.25) is 4.90 Å². The SMILES string of the molecule is CCCOc1ccc([C@@H]2C3CN(CCC)CC=C3C(C#N)=C(N)C2(C#N)C#N)cc1OC. The second kappa shape index (κ2) is 9.77. The summed E-state index contributed by atoms with van der Waals surface area (Å²) in [7, 11) is 1.57. The van der Waals surface area contributed by atoms with Crippen molar-refractivity contribution in [3.05, 3.63) is 46.7 Å². The second-order valence-electron chi connectivity index (χ2n) is 8.19. The summed E-state index contributed by atoms with van der Waals surface area (Å²) in [6.07, 6.45) is 3.88. The molecule has 1 aromatic carbocycles. The maximum absolute atomic E-state index is 10.2. The maximum atomic E-state index is 10.2. The Labute approximate surface area is 189 Å². The third-order valence-corrected chi connectivity index (χ3v) is 6.29. The molecule has 0 saturated carbocycles. The van der Waals surface area contributed by atoms with Gasteiger partial charge >= 0.3 is 0 Å². The van der Waals surface area contributed by atoms with Gasteiger partial charge in [0.15, 0.2) is 16.9 Å². The van der Waals surface area contributed by atoms with Crippen molar-refractivity contribution < 1.29 is 9.47 Å². The molecule has 1 aromatic rings. The molecule has 1 aliphatic heterocycles. The third-order valence-electron chi connectivity index (χ3n) is 6.29. The monoisotopic (exact) mass is 431 g/mol. The van der Waals surface area contributed by atoms with Crippen LogP contribution in [0.2, 0.25) is 0 Å². The maximum Gasteiger partial charge on any atom is 0.191 e. The van der Waals surface area contributed by atoms with Gasteiger partial charge in [0.25, 0.3) is 0 Å². The van der Waals surface area contributed by atoms with Crippen molar-refractivity contribution in [3.8, 4) is 29.7 Å². The number of nitriles is 3. The molecule has 0 bridgehead atoms. The minimum Gasteiger partial charge on any atom is -0.493 e. The van der Waals surface area contributed by atoms with Crippen molar-refractivity contribution in [1.29, 1.82) is 15.8 Å². The molecule has 0 amide bonds. The van der Waals surface area contributed by atoms with E-state index >= 15 is 0 Å². The number of hydrogen-bond acceptors (Lipinski definition) is 7. The van der Waals surface area contributed by atoms with Gasteiger partial charge in [0, 0.05) is 24.9 Å². The van der Waals surface area contributed by atoms with Gasteiger partial charge in [-0.05, 0) is 42.7 Å². The van der Waals surface area contributed by atoms with Crippen molar-refractivity contribution in [1.82, 2.24) is 4.90 Å². The summed E-state index contributed by atoms with van der Waals surface area (Å²) >= 11 is 0. The van der Waals surface area contributed by atoms with Gasteiger partial charge in [0.1, 0.15) is 6.07 Å². The quantitative estimate of drug-likeness (QED) is 0.700. The van der Waals surface area contributed by atoms with Gasteiger partial charge < -0.3 is 15.2 Å². The van der Waals surface area contributed by atoms with Crippen LogP contribution in [0.25, 0.3) is 0 Å². The zero-order valence-electron chi connectivity index (χ0n) is 18.9. The second-order valence-corrected chi connectivity index (χ2v) is 8.19. The summed E-state index contributed by atoms with van der Waals surface area (Å²) in [5.74, 6) is 0.390. The van der Waals surface area contributed by atoms with Crippen LogP contribution in [0.5, 0.6) is 11.5 Å². The predicted molar refractivity (Wildman–Crippen MR) is 120 cm³/mol. The number of allylic oxidation sites excluding steroid dienone is 2. The highest BCUT2D eigenvalue weighted by atomic mass is 16.5. The van der Waals surface area contributed by atoms with Crippen LogP contribution in [0.1, 0.15) is 38.2 Å². The fraction of sp³-hybridized carbons (Fsp3) is 0.480. The van der Waals surface area contributed by atoms with Gasteiger partial charge in [-0.2, -0.15) is 15.8 Å². The molecule has 1 aliphatic carbocycles. The molecule has 0 radical (unpaired) electrons. The highest BCUT2D eigenvalue weighted by Gasteiger charge is 2.54. The van der Waals surface area contributed by atoms with E-state index in [2.05, 4.69) is 30.0 Å². The van der Waals surface area contributed by atoms with Gasteiger partial charge in [0.2, 0.25) is 0 Å². The Kier molecular flexibility index (Phi) is 7.08. The molecule has 0 saturated heterocycles. The van der Waals surface area contributed by atoms with Gasteiger partial charge in [-0.15, -0.1) is 0 Å². The number of rotatable bonds is 7. The Morgan fingerprint density at radius 3 is 2.50 bits per heavy atom. The van der Waals surface area contributed by atoms with Gasteiger partial charge in [-0.25, -0.2) is 0 Å². The molecule has 1 heterocycles. The molecule has 7 heteroatoms. The number of methoxy groups -OCH3 is 1. The van der Waals surface area contributed by atoms with E-state index in [9.17, 15) is 15.8 Å². The summed E-state index contributed by atoms with van der Waals surface area (Å²) in [4.78, 5) is 2.28. The molecule has 1 unspecified atom stereocenters. The minimum atomic E-state index is -1.65. The highest BCUT2D eigenvalue weighted by Crippen LogP contribution is 2.54. The molecule has 2 N–H and O–H groups in total. The lowest BCUT2D eigenvalue weighted by Crippen LogP contribution is -2.48. The van der Waals surface area contributed by atoms with E-state index in [0.717, 1.165) is 30.5 Å². The highest BCUT2D eigenvalue weighted by molar-refractivity contribution is 5.60. The Bertz CT molecular complexity index is 1040. The molecule has 166 valence electrons. The van der Waals surface area contributed by atoms with E-state index in [1.165, 1.54) is 0 Å². The zero-order chi connectivity index (χ0) is 23.3. The summed E-state index contributed by atoms with van der Waals surface area (Å²) in [5.41, 5.74) is 6.62. The number of fused-ring (bicyclic) bond motifs is 1. The van der Waals surface area contributed by atoms with Gasteiger partial charge in [-0.1, -0.05) is 26.0 Å². The number of nitrogens with zero attached hydrogens (tertiary/aromatic N) is 4. The number of ether oxygens (including phenoxy) is 2. The van der Waals surface area contributed by atoms with Crippen LogP contribution in [-0.4, -0.2) is 38.3 Å². The number of nitrogens with two attached hydrogens (primary N) is 1. The van der Waals surface area contributed by atoms with E-state index < -0.39 is 11.3 Å². The van der Waals surface area contributed by atoms with Crippen LogP contribution in [0.15, 0.2) is 41.1 Å². The largest absolute Gasteiger partial charge is 0.493 e. The first-order valence-electron chi connectivity index (χ1n) is 11.0. The predicted octanol–water partition coefficient (Wildman–Crippen LogP) is 3.62. The first-order chi connectivity index (χ1) is 15.5. The Morgan fingerprint density at radius 1 is 1.16 bits per heavy atom. The average molecular weight is 432 g/mol. The lowest BCUT2D eigenvalue weighted by molar-refractivity contribution is 0.207. The molecule has 2 atom stereocenters. The van der Waals surface area contributed by atoms with Crippen LogP contribution >= 0.6 is 0 Å². The van der Waals surface area contributed by atoms with Crippen LogP contribution in [0, 0.1) is 45.3 Å². The third kappa shape index (κ3) is 3.79. The van der Waals surface area contributed by atoms with Crippen molar-refractivity contribution >= 4 is 0 Å². The van der Waals surface area contributed by atoms with Crippen molar-refractivity contribution in [2.45, 2.75) is 32.6 Å². The van der Waals surface area contributed by atoms with E-state index in [-0.39, 0.29) is 17.2 Å². The number of hydrogen-bond donors (Lipinski definition) is 1. The van der Waals surface area contributed by atoms with Crippen molar-refractivity contribution in [2.24, 2.45) is 17.1 Å². The van der Waals surface area contributed by atoms with Crippen LogP contribution in [-0.2, 0) is 0 Å². The Morgan fingerprint density at radius 2 is 1.91 bits per heavy atom.